The van der Waals surface area contributed by atoms with Gasteiger partial charge in [-0.3, -0.25) is 8.99 Å². The average molecular weight is 460 g/mol. The van der Waals surface area contributed by atoms with E-state index < -0.39 is 0 Å². The Morgan fingerprint density at radius 3 is 2.54 bits per heavy atom. The van der Waals surface area contributed by atoms with Gasteiger partial charge in [-0.25, -0.2) is 0 Å². The Kier molecular flexibility index (Phi) is 5.21. The smallest absolute Gasteiger partial charge is 0.278 e. The molecule has 2 aliphatic rings. The van der Waals surface area contributed by atoms with Gasteiger partial charge in [-0.1, -0.05) is 112 Å². The molecule has 0 bridgehead atoms. The molecule has 1 aliphatic heterocycles. The van der Waals surface area contributed by atoms with Crippen LogP contribution in [0.3, 0.4) is 0 Å². The van der Waals surface area contributed by atoms with Gasteiger partial charge in [0.15, 0.2) is 6.04 Å². The molecule has 1 aliphatic carbocycles. The summed E-state index contributed by atoms with van der Waals surface area (Å²) in [5.74, 6) is 0.732. The second kappa shape index (κ2) is 8.30. The van der Waals surface area contributed by atoms with Crippen LogP contribution in [0.5, 0.6) is 0 Å². The van der Waals surface area contributed by atoms with Crippen LogP contribution in [0.25, 0.3) is 33.1 Å². The van der Waals surface area contributed by atoms with Crippen molar-refractivity contribution in [1.82, 2.24) is 0 Å². The van der Waals surface area contributed by atoms with Gasteiger partial charge in [-0.05, 0) is 39.8 Å². The molecular weight excluding hydrogens is 426 g/mol. The highest BCUT2D eigenvalue weighted by Crippen LogP contribution is 2.47. The average Bonchev–Trinajstić information content (AvgIpc) is 3.53. The molecule has 1 aromatic heterocycles. The maximum atomic E-state index is 6.55. The Morgan fingerprint density at radius 1 is 1.00 bits per heavy atom. The Morgan fingerprint density at radius 2 is 1.77 bits per heavy atom. The number of nitrogens with zero attached hydrogens (tertiary/aromatic N) is 1. The first kappa shape index (κ1) is 22.0. The molecule has 2 heteroatoms. The topological polar surface area (TPSA) is 14.3 Å². The van der Waals surface area contributed by atoms with Crippen LogP contribution in [0.4, 0.5) is 0 Å². The van der Waals surface area contributed by atoms with Crippen molar-refractivity contribution < 1.29 is 8.99 Å². The van der Waals surface area contributed by atoms with Gasteiger partial charge in [0.05, 0.1) is 12.3 Å². The zero-order chi connectivity index (χ0) is 24.2. The maximum Gasteiger partial charge on any atom is 0.278 e. The third-order valence-corrected chi connectivity index (χ3v) is 8.37. The van der Waals surface area contributed by atoms with Gasteiger partial charge in [-0.15, -0.1) is 12.1 Å². The number of fused-ring (bicyclic) bond motifs is 3. The fourth-order valence-electron chi connectivity index (χ4n) is 6.10. The lowest BCUT2D eigenvalue weighted by atomic mass is 9.70. The molecule has 0 radical (unpaired) electrons. The number of furan rings is 1. The molecule has 0 atom stereocenters. The van der Waals surface area contributed by atoms with E-state index in [9.17, 15) is 0 Å². The first-order valence-electron chi connectivity index (χ1n) is 12.8. The summed E-state index contributed by atoms with van der Waals surface area (Å²) in [5.41, 5.74) is 8.15. The standard InChI is InChI=1S/C33H33NO/c1-22-14-16-27-28-20-24(23-10-6-5-7-11-23)15-17-30(28)35-32(27)31(22)29-21-26(18-19-34(29)4)33(2,3)25-12-8-9-13-25/h5-7,10-11,14-21,25H,4,8-9,12-13H2,1-3H3. The molecule has 0 N–H and O–H groups in total. The Bertz CT molecular complexity index is 1490. The number of aryl methyl sites for hydroxylation is 1. The summed E-state index contributed by atoms with van der Waals surface area (Å²) in [5, 5.41) is 2.31. The molecule has 1 fully saturated rings. The van der Waals surface area contributed by atoms with E-state index in [0.29, 0.717) is 0 Å². The first-order valence-corrected chi connectivity index (χ1v) is 12.8. The van der Waals surface area contributed by atoms with E-state index in [2.05, 4.69) is 107 Å². The molecule has 2 heterocycles. The fourth-order valence-corrected chi connectivity index (χ4v) is 6.10. The number of hydrogen-bond donors (Lipinski definition) is 0. The van der Waals surface area contributed by atoms with Gasteiger partial charge in [0.25, 0.3) is 11.2 Å². The van der Waals surface area contributed by atoms with E-state index in [1.807, 2.05) is 4.58 Å². The first-order chi connectivity index (χ1) is 16.9. The van der Waals surface area contributed by atoms with Crippen LogP contribution in [0, 0.1) is 24.3 Å². The minimum atomic E-state index is 0.139. The molecular formula is C33H33NO. The molecule has 3 aromatic carbocycles. The molecule has 1 saturated carbocycles. The van der Waals surface area contributed by atoms with E-state index in [1.165, 1.54) is 47.9 Å². The molecule has 2 nitrogen and oxygen atoms in total. The van der Waals surface area contributed by atoms with Crippen LogP contribution >= 0.6 is 0 Å². The van der Waals surface area contributed by atoms with Crippen molar-refractivity contribution in [3.05, 3.63) is 102 Å². The van der Waals surface area contributed by atoms with Crippen LogP contribution in [0.15, 0.2) is 89.0 Å². The number of benzene rings is 3. The normalized spacial score (nSPS) is 17.1. The SMILES string of the molecule is C=[N+]1C=CC(C(C)(C)C2CCCC2)=C[C-]1c1c(C)ccc2c1[o+][c-]1ccc(-c3ccccc3)cc21. The van der Waals surface area contributed by atoms with Crippen molar-refractivity contribution in [3.63, 3.8) is 0 Å². The summed E-state index contributed by atoms with van der Waals surface area (Å²) in [6.45, 7) is 11.3. The maximum absolute atomic E-state index is 6.55. The highest BCUT2D eigenvalue weighted by molar-refractivity contribution is 6.08. The summed E-state index contributed by atoms with van der Waals surface area (Å²) in [6, 6.07) is 22.6. The minimum absolute atomic E-state index is 0.139. The van der Waals surface area contributed by atoms with Crippen molar-refractivity contribution >= 4 is 28.7 Å². The quantitative estimate of drug-likeness (QED) is 0.169. The second-order valence-corrected chi connectivity index (χ2v) is 10.8. The van der Waals surface area contributed by atoms with Crippen LogP contribution in [-0.2, 0) is 0 Å². The summed E-state index contributed by atoms with van der Waals surface area (Å²) in [4.78, 5) is 0. The van der Waals surface area contributed by atoms with Gasteiger partial charge in [0, 0.05) is 0 Å². The molecule has 4 aromatic rings. The number of allylic oxidation sites excluding steroid dienone is 2. The summed E-state index contributed by atoms with van der Waals surface area (Å²) >= 11 is 0. The van der Waals surface area contributed by atoms with Crippen molar-refractivity contribution in [2.45, 2.75) is 46.5 Å². The Balaban J connectivity index is 1.49. The van der Waals surface area contributed by atoms with Crippen molar-refractivity contribution in [1.29, 1.82) is 0 Å². The van der Waals surface area contributed by atoms with Crippen LogP contribution in [0.2, 0.25) is 0 Å². The third-order valence-electron chi connectivity index (χ3n) is 8.37. The van der Waals surface area contributed by atoms with Crippen molar-refractivity contribution in [3.8, 4) is 11.1 Å². The van der Waals surface area contributed by atoms with Gasteiger partial charge < -0.3 is 0 Å². The van der Waals surface area contributed by atoms with E-state index >= 15 is 0 Å². The molecule has 0 saturated heterocycles. The summed E-state index contributed by atoms with van der Waals surface area (Å²) in [6.07, 6.45) is 12.1. The van der Waals surface area contributed by atoms with E-state index in [4.69, 9.17) is 4.42 Å². The van der Waals surface area contributed by atoms with E-state index in [-0.39, 0.29) is 5.41 Å². The van der Waals surface area contributed by atoms with Crippen LogP contribution < -0.4 is 0 Å². The predicted octanol–water partition coefficient (Wildman–Crippen LogP) is 8.82. The third kappa shape index (κ3) is 3.63. The molecule has 0 unspecified atom stereocenters. The lowest BCUT2D eigenvalue weighted by Gasteiger charge is -2.37. The molecule has 0 amide bonds. The van der Waals surface area contributed by atoms with Crippen molar-refractivity contribution in [2.24, 2.45) is 11.3 Å². The van der Waals surface area contributed by atoms with E-state index in [1.54, 1.807) is 0 Å². The highest BCUT2D eigenvalue weighted by atomic mass is 16.3. The zero-order valence-corrected chi connectivity index (χ0v) is 21.0. The monoisotopic (exact) mass is 459 g/mol. The molecule has 176 valence electrons. The molecule has 6 rings (SSSR count). The highest BCUT2D eigenvalue weighted by Gasteiger charge is 2.36. The summed E-state index contributed by atoms with van der Waals surface area (Å²) in [7, 11) is 0. The van der Waals surface area contributed by atoms with Crippen LogP contribution in [-0.4, -0.2) is 11.3 Å². The largest absolute Gasteiger partial charge is 0.286 e. The zero-order valence-electron chi connectivity index (χ0n) is 21.0. The Hall–Kier alpha value is -3.52. The summed E-state index contributed by atoms with van der Waals surface area (Å²) < 4.78 is 8.55. The van der Waals surface area contributed by atoms with Crippen LogP contribution in [0.1, 0.15) is 50.7 Å². The molecule has 35 heavy (non-hydrogen) atoms. The fraction of sp³-hybridized carbons (Fsp3) is 0.273. The second-order valence-electron chi connectivity index (χ2n) is 10.8. The van der Waals surface area contributed by atoms with Gasteiger partial charge in [-0.2, -0.15) is 0 Å². The van der Waals surface area contributed by atoms with Gasteiger partial charge in [0.2, 0.25) is 0 Å². The van der Waals surface area contributed by atoms with Gasteiger partial charge >= 0.3 is 0 Å². The minimum Gasteiger partial charge on any atom is -0.286 e. The van der Waals surface area contributed by atoms with Crippen molar-refractivity contribution in [2.75, 3.05) is 0 Å². The number of rotatable bonds is 4. The van der Waals surface area contributed by atoms with E-state index in [0.717, 1.165) is 39.5 Å². The number of hydrogen-bond acceptors (Lipinski definition) is 0. The molecule has 0 spiro atoms. The lowest BCUT2D eigenvalue weighted by molar-refractivity contribution is -0.418. The lowest BCUT2D eigenvalue weighted by Crippen LogP contribution is -2.27. The van der Waals surface area contributed by atoms with Gasteiger partial charge in [0.1, 0.15) is 6.20 Å². The Labute approximate surface area is 208 Å². The predicted molar refractivity (Wildman–Crippen MR) is 147 cm³/mol.